The van der Waals surface area contributed by atoms with Gasteiger partial charge in [-0.3, -0.25) is 38.4 Å². The van der Waals surface area contributed by atoms with Crippen LogP contribution in [0.4, 0.5) is 0 Å². The first kappa shape index (κ1) is 41.5. The molecule has 0 aliphatic carbocycles. The zero-order valence-electron chi connectivity index (χ0n) is 27.0. The number of aromatic amines is 1. The van der Waals surface area contributed by atoms with Crippen LogP contribution < -0.4 is 38.1 Å². The molecule has 5 unspecified atom stereocenters. The van der Waals surface area contributed by atoms with Gasteiger partial charge in [-0.25, -0.2) is 4.79 Å². The van der Waals surface area contributed by atoms with E-state index in [1.54, 1.807) is 30.5 Å². The molecule has 0 radical (unpaired) electrons. The van der Waals surface area contributed by atoms with Gasteiger partial charge in [-0.05, 0) is 24.5 Å². The van der Waals surface area contributed by atoms with Crippen molar-refractivity contribution in [1.82, 2.24) is 31.6 Å². The Kier molecular flexibility index (Phi) is 16.3. The van der Waals surface area contributed by atoms with E-state index >= 15 is 0 Å². The van der Waals surface area contributed by atoms with Gasteiger partial charge in [0.15, 0.2) is 0 Å². The summed E-state index contributed by atoms with van der Waals surface area (Å²) in [6, 6.07) is -0.410. The molecule has 2 rings (SSSR count). The molecular weight excluding hydrogens is 696 g/mol. The van der Waals surface area contributed by atoms with Gasteiger partial charge in [-0.2, -0.15) is 12.6 Å². The Bertz CT molecular complexity index is 1630. The maximum Gasteiger partial charge on any atom is 0.326 e. The van der Waals surface area contributed by atoms with Crippen molar-refractivity contribution in [2.24, 2.45) is 11.5 Å². The Balaban J connectivity index is 2.23. The average Bonchev–Trinajstić information content (AvgIpc) is 3.47. The highest BCUT2D eigenvalue weighted by atomic mass is 32.1. The molecule has 13 N–H and O–H groups in total. The molecule has 0 aliphatic heterocycles. The van der Waals surface area contributed by atoms with E-state index in [4.69, 9.17) is 16.6 Å². The third-order valence-corrected chi connectivity index (χ3v) is 7.66. The maximum absolute atomic E-state index is 13.5. The van der Waals surface area contributed by atoms with Gasteiger partial charge in [0.05, 0.1) is 19.0 Å². The summed E-state index contributed by atoms with van der Waals surface area (Å²) in [5.74, 6) is -10.1. The van der Waals surface area contributed by atoms with Crippen molar-refractivity contribution in [2.45, 2.75) is 68.7 Å². The number of nitrogens with one attached hydrogen (secondary N) is 6. The molecule has 2 aromatic rings. The summed E-state index contributed by atoms with van der Waals surface area (Å²) in [6.45, 7) is -0.767. The molecule has 6 amide bonds. The Morgan fingerprint density at radius 1 is 0.745 bits per heavy atom. The second-order valence-electron chi connectivity index (χ2n) is 11.2. The van der Waals surface area contributed by atoms with Crippen molar-refractivity contribution in [3.63, 3.8) is 0 Å². The number of carboxylic acids is 3. The number of benzene rings is 1. The number of aromatic nitrogens is 1. The number of para-hydroxylation sites is 1. The highest BCUT2D eigenvalue weighted by Crippen LogP contribution is 2.19. The minimum Gasteiger partial charge on any atom is -0.481 e. The number of nitrogens with two attached hydrogens (primary N) is 2. The number of hydrogen-bond donors (Lipinski definition) is 12. The molecule has 51 heavy (non-hydrogen) atoms. The summed E-state index contributed by atoms with van der Waals surface area (Å²) in [5, 5.41) is 39.7. The first-order valence-corrected chi connectivity index (χ1v) is 16.0. The zero-order valence-corrected chi connectivity index (χ0v) is 27.9. The quantitative estimate of drug-likeness (QED) is 0.0528. The Hall–Kier alpha value is -5.70. The molecule has 0 bridgehead atoms. The second-order valence-corrected chi connectivity index (χ2v) is 11.6. The molecule has 20 nitrogen and oxygen atoms in total. The van der Waals surface area contributed by atoms with Crippen molar-refractivity contribution in [3.8, 4) is 0 Å². The molecule has 0 saturated carbocycles. The maximum atomic E-state index is 13.5. The van der Waals surface area contributed by atoms with E-state index in [0.29, 0.717) is 16.5 Å². The van der Waals surface area contributed by atoms with E-state index in [9.17, 15) is 53.4 Å². The summed E-state index contributed by atoms with van der Waals surface area (Å²) in [7, 11) is 0. The Morgan fingerprint density at radius 3 is 1.96 bits per heavy atom. The lowest BCUT2D eigenvalue weighted by Gasteiger charge is -2.24. The van der Waals surface area contributed by atoms with E-state index < -0.39 is 109 Å². The summed E-state index contributed by atoms with van der Waals surface area (Å²) in [4.78, 5) is 113. The van der Waals surface area contributed by atoms with Crippen LogP contribution in [-0.2, 0) is 49.6 Å². The summed E-state index contributed by atoms with van der Waals surface area (Å²) in [5.41, 5.74) is 11.8. The summed E-state index contributed by atoms with van der Waals surface area (Å²) < 4.78 is 0. The van der Waals surface area contributed by atoms with E-state index in [2.05, 4.69) is 44.2 Å². The van der Waals surface area contributed by atoms with E-state index in [1.165, 1.54) is 0 Å². The molecule has 0 fully saturated rings. The van der Waals surface area contributed by atoms with E-state index in [0.717, 1.165) is 0 Å². The third-order valence-electron chi connectivity index (χ3n) is 7.29. The molecule has 5 atom stereocenters. The van der Waals surface area contributed by atoms with Gasteiger partial charge in [-0.15, -0.1) is 0 Å². The number of rotatable bonds is 22. The summed E-state index contributed by atoms with van der Waals surface area (Å²) in [6.07, 6.45) is -1.11. The lowest BCUT2D eigenvalue weighted by molar-refractivity contribution is -0.142. The smallest absolute Gasteiger partial charge is 0.326 e. The Morgan fingerprint density at radius 2 is 1.35 bits per heavy atom. The number of thiol groups is 1. The largest absolute Gasteiger partial charge is 0.481 e. The molecule has 0 saturated heterocycles. The predicted octanol–water partition coefficient (Wildman–Crippen LogP) is -3.29. The van der Waals surface area contributed by atoms with Crippen LogP contribution in [0.5, 0.6) is 0 Å². The van der Waals surface area contributed by atoms with E-state index in [-0.39, 0.29) is 25.0 Å². The van der Waals surface area contributed by atoms with Crippen molar-refractivity contribution in [1.29, 1.82) is 0 Å². The van der Waals surface area contributed by atoms with Crippen LogP contribution in [-0.4, -0.2) is 116 Å². The number of hydrogen-bond acceptors (Lipinski definition) is 11. The minimum atomic E-state index is -1.57. The van der Waals surface area contributed by atoms with Gasteiger partial charge in [0.2, 0.25) is 35.4 Å². The number of H-pyrrole nitrogens is 1. The molecule has 278 valence electrons. The number of carbonyl (C=O) groups is 9. The van der Waals surface area contributed by atoms with Crippen LogP contribution in [0, 0.1) is 0 Å². The molecule has 0 spiro atoms. The molecule has 1 aromatic carbocycles. The zero-order chi connectivity index (χ0) is 38.2. The fraction of sp³-hybridized carbons (Fsp3) is 0.433. The first-order chi connectivity index (χ1) is 24.0. The van der Waals surface area contributed by atoms with Crippen LogP contribution in [0.15, 0.2) is 30.5 Å². The van der Waals surface area contributed by atoms with Crippen LogP contribution in [0.1, 0.15) is 37.7 Å². The van der Waals surface area contributed by atoms with Crippen molar-refractivity contribution < 1.29 is 58.5 Å². The topological polar surface area (TPSA) is 342 Å². The predicted molar refractivity (Wildman–Crippen MR) is 180 cm³/mol. The monoisotopic (exact) mass is 736 g/mol. The number of aliphatic carboxylic acids is 3. The molecule has 1 heterocycles. The SMILES string of the molecule is NC(=O)CCC(NC(=O)C(Cc1c[nH]c2ccccc12)NC(=O)C(CCC(=O)O)NC(=O)CNC(=O)C(CS)NC(=O)C(N)CC(=O)O)C(=O)O. The first-order valence-electron chi connectivity index (χ1n) is 15.4. The van der Waals surface area contributed by atoms with Crippen LogP contribution >= 0.6 is 12.6 Å². The fourth-order valence-electron chi connectivity index (χ4n) is 4.64. The van der Waals surface area contributed by atoms with Crippen LogP contribution in [0.3, 0.4) is 0 Å². The number of fused-ring (bicyclic) bond motifs is 1. The van der Waals surface area contributed by atoms with Crippen molar-refractivity contribution in [2.75, 3.05) is 12.3 Å². The fourth-order valence-corrected chi connectivity index (χ4v) is 4.90. The minimum absolute atomic E-state index is 0.188. The molecule has 21 heteroatoms. The highest BCUT2D eigenvalue weighted by molar-refractivity contribution is 7.80. The lowest BCUT2D eigenvalue weighted by Crippen LogP contribution is -2.57. The van der Waals surface area contributed by atoms with Gasteiger partial charge < -0.3 is 58.4 Å². The highest BCUT2D eigenvalue weighted by Gasteiger charge is 2.31. The molecule has 0 aliphatic rings. The van der Waals surface area contributed by atoms with Crippen LogP contribution in [0.25, 0.3) is 10.9 Å². The van der Waals surface area contributed by atoms with Crippen LogP contribution in [0.2, 0.25) is 0 Å². The molecular formula is C30H40N8O12S. The van der Waals surface area contributed by atoms with Crippen molar-refractivity contribution in [3.05, 3.63) is 36.0 Å². The number of carbonyl (C=O) groups excluding carboxylic acids is 6. The van der Waals surface area contributed by atoms with Gasteiger partial charge in [0.25, 0.3) is 0 Å². The standard InChI is InChI=1S/C30H40N8O12S/c31-16(10-25(43)44)26(45)38-21(13-51)27(46)34-12-23(40)35-18(6-8-24(41)42)28(47)37-20(9-14-11-33-17-4-2-1-3-15(14)17)29(48)36-19(30(49)50)5-7-22(32)39/h1-4,11,16,18-21,33,51H,5-10,12-13,31H2,(H2,32,39)(H,34,46)(H,35,40)(H,36,48)(H,37,47)(H,38,45)(H,41,42)(H,43,44)(H,49,50). The second kappa shape index (κ2) is 20.1. The summed E-state index contributed by atoms with van der Waals surface area (Å²) >= 11 is 3.96. The van der Waals surface area contributed by atoms with Gasteiger partial charge in [-0.1, -0.05) is 18.2 Å². The third kappa shape index (κ3) is 14.0. The van der Waals surface area contributed by atoms with E-state index in [1.807, 2.05) is 0 Å². The number of primary amides is 1. The van der Waals surface area contributed by atoms with Gasteiger partial charge in [0, 0.05) is 42.1 Å². The number of amides is 6. The molecule has 1 aromatic heterocycles. The average molecular weight is 737 g/mol. The van der Waals surface area contributed by atoms with Crippen molar-refractivity contribution >= 4 is 76.9 Å². The Labute approximate surface area is 295 Å². The normalized spacial score (nSPS) is 13.8. The van der Waals surface area contributed by atoms with Gasteiger partial charge in [0.1, 0.15) is 24.2 Å². The lowest BCUT2D eigenvalue weighted by atomic mass is 10.0. The number of carboxylic acid groups (broad SMARTS) is 3. The van der Waals surface area contributed by atoms with Gasteiger partial charge >= 0.3 is 17.9 Å².